The zero-order valence-corrected chi connectivity index (χ0v) is 13.3. The van der Waals surface area contributed by atoms with E-state index in [2.05, 4.69) is 10.3 Å². The van der Waals surface area contributed by atoms with Crippen molar-refractivity contribution in [2.75, 3.05) is 5.32 Å². The summed E-state index contributed by atoms with van der Waals surface area (Å²) >= 11 is 1.41. The van der Waals surface area contributed by atoms with Gasteiger partial charge in [0.2, 0.25) is 0 Å². The first-order valence-electron chi connectivity index (χ1n) is 6.80. The van der Waals surface area contributed by atoms with Gasteiger partial charge in [-0.25, -0.2) is 4.98 Å². The molecule has 3 aromatic rings. The molecule has 0 saturated carbocycles. The molecular formula is C16H12N4O2S. The number of aryl methyl sites for hydroxylation is 2. The summed E-state index contributed by atoms with van der Waals surface area (Å²) < 4.78 is 1.45. The Balaban J connectivity index is 2.01. The first-order valence-corrected chi connectivity index (χ1v) is 7.62. The highest BCUT2D eigenvalue weighted by Crippen LogP contribution is 2.18. The number of hydrogen-bond acceptors (Lipinski definition) is 5. The second-order valence-electron chi connectivity index (χ2n) is 4.99. The third kappa shape index (κ3) is 2.60. The number of hydrogen-bond donors (Lipinski definition) is 1. The van der Waals surface area contributed by atoms with Crippen LogP contribution >= 0.6 is 11.3 Å². The van der Waals surface area contributed by atoms with Crippen molar-refractivity contribution in [1.82, 2.24) is 9.38 Å². The van der Waals surface area contributed by atoms with E-state index in [0.29, 0.717) is 16.2 Å². The fourth-order valence-corrected chi connectivity index (χ4v) is 3.13. The van der Waals surface area contributed by atoms with E-state index < -0.39 is 11.5 Å². The average molecular weight is 324 g/mol. The molecule has 1 N–H and O–H groups in total. The van der Waals surface area contributed by atoms with Gasteiger partial charge in [0.05, 0.1) is 11.6 Å². The fraction of sp³-hybridized carbons (Fsp3) is 0.125. The van der Waals surface area contributed by atoms with Gasteiger partial charge in [-0.1, -0.05) is 6.07 Å². The Morgan fingerprint density at radius 2 is 2.17 bits per heavy atom. The third-order valence-corrected chi connectivity index (χ3v) is 4.58. The van der Waals surface area contributed by atoms with E-state index in [1.54, 1.807) is 24.3 Å². The first-order chi connectivity index (χ1) is 11.0. The number of rotatable bonds is 2. The lowest BCUT2D eigenvalue weighted by atomic mass is 10.2. The zero-order chi connectivity index (χ0) is 16.6. The number of nitrogens with one attached hydrogen (secondary N) is 1. The normalized spacial score (nSPS) is 10.5. The summed E-state index contributed by atoms with van der Waals surface area (Å²) in [6.07, 6.45) is 1.29. The number of fused-ring (bicyclic) bond motifs is 1. The van der Waals surface area contributed by atoms with E-state index in [1.165, 1.54) is 21.9 Å². The SMILES string of the molecule is Cc1sc2ncc(C(=O)Nc3cccc(C#N)c3)c(=O)n2c1C. The predicted molar refractivity (Wildman–Crippen MR) is 87.9 cm³/mol. The highest BCUT2D eigenvalue weighted by Gasteiger charge is 2.16. The van der Waals surface area contributed by atoms with E-state index in [9.17, 15) is 9.59 Å². The Kier molecular flexibility index (Phi) is 3.68. The topological polar surface area (TPSA) is 87.3 Å². The van der Waals surface area contributed by atoms with Crippen LogP contribution in [0.15, 0.2) is 35.3 Å². The van der Waals surface area contributed by atoms with Gasteiger partial charge in [-0.2, -0.15) is 5.26 Å². The minimum Gasteiger partial charge on any atom is -0.322 e. The number of thiazole rings is 1. The molecule has 23 heavy (non-hydrogen) atoms. The summed E-state index contributed by atoms with van der Waals surface area (Å²) in [5, 5.41) is 11.5. The van der Waals surface area contributed by atoms with Crippen molar-refractivity contribution >= 4 is 27.9 Å². The molecule has 0 spiro atoms. The number of aromatic nitrogens is 2. The van der Waals surface area contributed by atoms with Crippen LogP contribution in [0.25, 0.3) is 4.96 Å². The van der Waals surface area contributed by atoms with Gasteiger partial charge >= 0.3 is 0 Å². The third-order valence-electron chi connectivity index (χ3n) is 3.51. The van der Waals surface area contributed by atoms with Crippen molar-refractivity contribution in [3.8, 4) is 6.07 Å². The molecule has 2 heterocycles. The molecule has 3 rings (SSSR count). The number of anilines is 1. The maximum absolute atomic E-state index is 12.5. The van der Waals surface area contributed by atoms with E-state index in [4.69, 9.17) is 5.26 Å². The van der Waals surface area contributed by atoms with Gasteiger partial charge in [0.1, 0.15) is 5.56 Å². The van der Waals surface area contributed by atoms with Gasteiger partial charge in [0, 0.05) is 22.5 Å². The van der Waals surface area contributed by atoms with Gasteiger partial charge < -0.3 is 5.32 Å². The van der Waals surface area contributed by atoms with Crippen molar-refractivity contribution < 1.29 is 4.79 Å². The molecule has 0 atom stereocenters. The average Bonchev–Trinajstić information content (AvgIpc) is 2.83. The van der Waals surface area contributed by atoms with Gasteiger partial charge in [0.25, 0.3) is 11.5 Å². The molecule has 0 radical (unpaired) electrons. The lowest BCUT2D eigenvalue weighted by molar-refractivity contribution is 0.102. The molecule has 114 valence electrons. The first kappa shape index (κ1) is 14.9. The van der Waals surface area contributed by atoms with Crippen LogP contribution in [-0.4, -0.2) is 15.3 Å². The number of nitriles is 1. The maximum atomic E-state index is 12.5. The van der Waals surface area contributed by atoms with E-state index in [0.717, 1.165) is 10.6 Å². The second kappa shape index (κ2) is 5.66. The van der Waals surface area contributed by atoms with Crippen LogP contribution in [0, 0.1) is 25.2 Å². The highest BCUT2D eigenvalue weighted by molar-refractivity contribution is 7.17. The lowest BCUT2D eigenvalue weighted by Crippen LogP contribution is -2.26. The largest absolute Gasteiger partial charge is 0.322 e. The molecule has 0 saturated heterocycles. The summed E-state index contributed by atoms with van der Waals surface area (Å²) in [6.45, 7) is 3.72. The monoisotopic (exact) mass is 324 g/mol. The van der Waals surface area contributed by atoms with E-state index in [-0.39, 0.29) is 5.56 Å². The summed E-state index contributed by atoms with van der Waals surface area (Å²) in [4.78, 5) is 30.6. The summed E-state index contributed by atoms with van der Waals surface area (Å²) in [5.41, 5.74) is 1.23. The Morgan fingerprint density at radius 1 is 1.39 bits per heavy atom. The highest BCUT2D eigenvalue weighted by atomic mass is 32.1. The molecule has 0 aliphatic rings. The molecule has 2 aromatic heterocycles. The minimum atomic E-state index is -0.546. The number of carbonyl (C=O) groups excluding carboxylic acids is 1. The Morgan fingerprint density at radius 3 is 2.91 bits per heavy atom. The molecule has 0 aliphatic carbocycles. The van der Waals surface area contributed by atoms with Gasteiger partial charge in [0.15, 0.2) is 4.96 Å². The van der Waals surface area contributed by atoms with Crippen molar-refractivity contribution in [2.24, 2.45) is 0 Å². The molecule has 0 unspecified atom stereocenters. The fourth-order valence-electron chi connectivity index (χ4n) is 2.20. The maximum Gasteiger partial charge on any atom is 0.271 e. The van der Waals surface area contributed by atoms with Crippen LogP contribution in [-0.2, 0) is 0 Å². The molecule has 6 nitrogen and oxygen atoms in total. The summed E-state index contributed by atoms with van der Waals surface area (Å²) in [6, 6.07) is 8.49. The number of benzene rings is 1. The number of nitrogens with zero attached hydrogens (tertiary/aromatic N) is 3. The molecule has 1 amide bonds. The van der Waals surface area contributed by atoms with E-state index >= 15 is 0 Å². The zero-order valence-electron chi connectivity index (χ0n) is 12.5. The van der Waals surface area contributed by atoms with Crippen LogP contribution in [0.2, 0.25) is 0 Å². The van der Waals surface area contributed by atoms with Crippen molar-refractivity contribution in [1.29, 1.82) is 5.26 Å². The van der Waals surface area contributed by atoms with Crippen LogP contribution in [0.3, 0.4) is 0 Å². The molecule has 7 heteroatoms. The molecule has 0 fully saturated rings. The minimum absolute atomic E-state index is 0.0363. The van der Waals surface area contributed by atoms with Gasteiger partial charge in [-0.15, -0.1) is 11.3 Å². The summed E-state index contributed by atoms with van der Waals surface area (Å²) in [7, 11) is 0. The van der Waals surface area contributed by atoms with Crippen LogP contribution in [0.1, 0.15) is 26.5 Å². The van der Waals surface area contributed by atoms with Crippen LogP contribution < -0.4 is 10.9 Å². The Hall–Kier alpha value is -2.98. The Labute approximate surface area is 135 Å². The summed E-state index contributed by atoms with van der Waals surface area (Å²) in [5.74, 6) is -0.546. The smallest absolute Gasteiger partial charge is 0.271 e. The van der Waals surface area contributed by atoms with E-state index in [1.807, 2.05) is 19.9 Å². The van der Waals surface area contributed by atoms with Gasteiger partial charge in [-0.3, -0.25) is 14.0 Å². The second-order valence-corrected chi connectivity index (χ2v) is 6.17. The molecule has 0 bridgehead atoms. The van der Waals surface area contributed by atoms with Crippen LogP contribution in [0.5, 0.6) is 0 Å². The molecule has 0 aliphatic heterocycles. The van der Waals surface area contributed by atoms with Crippen molar-refractivity contribution in [2.45, 2.75) is 13.8 Å². The predicted octanol–water partition coefficient (Wildman–Crippen LogP) is 2.50. The number of carbonyl (C=O) groups is 1. The molecular weight excluding hydrogens is 312 g/mol. The number of amides is 1. The van der Waals surface area contributed by atoms with Crippen molar-refractivity contribution in [3.63, 3.8) is 0 Å². The van der Waals surface area contributed by atoms with Crippen LogP contribution in [0.4, 0.5) is 5.69 Å². The molecule has 1 aromatic carbocycles. The standard InChI is InChI=1S/C16H12N4O2S/c1-9-10(2)23-16-18-8-13(15(22)20(9)16)14(21)19-12-5-3-4-11(6-12)7-17/h3-6,8H,1-2H3,(H,19,21). The Bertz CT molecular complexity index is 1030. The van der Waals surface area contributed by atoms with Crippen molar-refractivity contribution in [3.05, 3.63) is 62.5 Å². The quantitative estimate of drug-likeness (QED) is 0.784. The van der Waals surface area contributed by atoms with Gasteiger partial charge in [-0.05, 0) is 32.0 Å². The lowest BCUT2D eigenvalue weighted by Gasteiger charge is -2.05.